The fraction of sp³-hybridized carbons (Fsp3) is 0.0800. The molecule has 0 N–H and O–H groups in total. The van der Waals surface area contributed by atoms with Gasteiger partial charge >= 0.3 is 11.9 Å². The number of rotatable bonds is 5. The predicted octanol–water partition coefficient (Wildman–Crippen LogP) is 5.06. The van der Waals surface area contributed by atoms with Crippen molar-refractivity contribution in [2.24, 2.45) is 0 Å². The Bertz CT molecular complexity index is 1350. The highest BCUT2D eigenvalue weighted by Crippen LogP contribution is 2.32. The van der Waals surface area contributed by atoms with Gasteiger partial charge in [-0.05, 0) is 35.9 Å². The molecule has 0 radical (unpaired) electrons. The van der Waals surface area contributed by atoms with E-state index in [1.807, 2.05) is 0 Å². The molecule has 6 nitrogen and oxygen atoms in total. The van der Waals surface area contributed by atoms with Crippen molar-refractivity contribution in [3.8, 4) is 28.1 Å². The van der Waals surface area contributed by atoms with Crippen LogP contribution in [0.15, 0.2) is 72.8 Å². The molecule has 8 heteroatoms. The quantitative estimate of drug-likeness (QED) is 0.399. The maximum absolute atomic E-state index is 14.4. The molecule has 0 aliphatic carbocycles. The van der Waals surface area contributed by atoms with Crippen molar-refractivity contribution in [3.63, 3.8) is 0 Å². The molecule has 166 valence electrons. The summed E-state index contributed by atoms with van der Waals surface area (Å²) >= 11 is 0. The molecule has 0 unspecified atom stereocenters. The zero-order chi connectivity index (χ0) is 23.5. The third kappa shape index (κ3) is 4.10. The second-order valence-electron chi connectivity index (χ2n) is 7.01. The number of halogens is 2. The van der Waals surface area contributed by atoms with Crippen LogP contribution in [0, 0.1) is 11.6 Å². The number of benzene rings is 3. The SMILES string of the molecule is COC(=O)c1c(-c2cccc(-c3ccc(F)cc3F)c2)nn(-c2ccccc2)c1C(=O)OC. The van der Waals surface area contributed by atoms with E-state index in [1.54, 1.807) is 54.6 Å². The van der Waals surface area contributed by atoms with Gasteiger partial charge in [0.15, 0.2) is 5.69 Å². The molecule has 33 heavy (non-hydrogen) atoms. The minimum Gasteiger partial charge on any atom is -0.465 e. The van der Waals surface area contributed by atoms with Crippen molar-refractivity contribution >= 4 is 11.9 Å². The van der Waals surface area contributed by atoms with E-state index in [2.05, 4.69) is 5.10 Å². The molecule has 1 aromatic heterocycles. The zero-order valence-corrected chi connectivity index (χ0v) is 17.7. The van der Waals surface area contributed by atoms with E-state index in [9.17, 15) is 18.4 Å². The molecule has 0 spiro atoms. The molecule has 0 amide bonds. The molecule has 0 saturated heterocycles. The normalized spacial score (nSPS) is 10.7. The predicted molar refractivity (Wildman–Crippen MR) is 117 cm³/mol. The lowest BCUT2D eigenvalue weighted by Crippen LogP contribution is -2.15. The van der Waals surface area contributed by atoms with Crippen molar-refractivity contribution in [2.75, 3.05) is 14.2 Å². The van der Waals surface area contributed by atoms with Crippen LogP contribution in [0.1, 0.15) is 20.8 Å². The smallest absolute Gasteiger partial charge is 0.357 e. The van der Waals surface area contributed by atoms with Crippen LogP contribution >= 0.6 is 0 Å². The molecule has 3 aromatic carbocycles. The van der Waals surface area contributed by atoms with Crippen molar-refractivity contribution in [3.05, 3.63) is 95.7 Å². The summed E-state index contributed by atoms with van der Waals surface area (Å²) in [6, 6.07) is 18.6. The van der Waals surface area contributed by atoms with E-state index >= 15 is 0 Å². The van der Waals surface area contributed by atoms with E-state index in [4.69, 9.17) is 9.47 Å². The van der Waals surface area contributed by atoms with Crippen LogP contribution in [0.3, 0.4) is 0 Å². The van der Waals surface area contributed by atoms with Gasteiger partial charge in [0, 0.05) is 17.2 Å². The van der Waals surface area contributed by atoms with Gasteiger partial charge in [-0.2, -0.15) is 5.10 Å². The molecular formula is C25H18F2N2O4. The van der Waals surface area contributed by atoms with E-state index < -0.39 is 23.6 Å². The van der Waals surface area contributed by atoms with Gasteiger partial charge in [-0.1, -0.05) is 36.4 Å². The Kier molecular flexibility index (Phi) is 5.99. The van der Waals surface area contributed by atoms with Crippen LogP contribution in [-0.4, -0.2) is 35.9 Å². The average Bonchev–Trinajstić information content (AvgIpc) is 3.24. The summed E-state index contributed by atoms with van der Waals surface area (Å²) in [5.74, 6) is -2.99. The number of hydrogen-bond acceptors (Lipinski definition) is 5. The second kappa shape index (κ2) is 9.04. The molecule has 4 aromatic rings. The second-order valence-corrected chi connectivity index (χ2v) is 7.01. The van der Waals surface area contributed by atoms with Crippen molar-refractivity contribution < 1.29 is 27.8 Å². The van der Waals surface area contributed by atoms with Gasteiger partial charge in [-0.3, -0.25) is 0 Å². The monoisotopic (exact) mass is 448 g/mol. The minimum atomic E-state index is -0.786. The first-order chi connectivity index (χ1) is 15.9. The lowest BCUT2D eigenvalue weighted by molar-refractivity contribution is 0.0549. The standard InChI is InChI=1S/C25H18F2N2O4/c1-32-24(30)21-22(28-29(23(21)25(31)33-2)18-9-4-3-5-10-18)16-8-6-7-15(13-16)19-12-11-17(26)14-20(19)27/h3-14H,1-2H3. The lowest BCUT2D eigenvalue weighted by atomic mass is 9.99. The zero-order valence-electron chi connectivity index (χ0n) is 17.7. The van der Waals surface area contributed by atoms with Crippen LogP contribution in [0.5, 0.6) is 0 Å². The fourth-order valence-corrected chi connectivity index (χ4v) is 3.51. The van der Waals surface area contributed by atoms with Gasteiger partial charge < -0.3 is 9.47 Å². The average molecular weight is 448 g/mol. The summed E-state index contributed by atoms with van der Waals surface area (Å²) in [6.07, 6.45) is 0. The molecular weight excluding hydrogens is 430 g/mol. The number of hydrogen-bond donors (Lipinski definition) is 0. The number of aromatic nitrogens is 2. The Morgan fingerprint density at radius 2 is 1.52 bits per heavy atom. The maximum atomic E-state index is 14.4. The van der Waals surface area contributed by atoms with Gasteiger partial charge in [-0.15, -0.1) is 0 Å². The highest BCUT2D eigenvalue weighted by Gasteiger charge is 2.31. The van der Waals surface area contributed by atoms with Crippen LogP contribution in [0.25, 0.3) is 28.1 Å². The molecule has 0 aliphatic rings. The Morgan fingerprint density at radius 1 is 0.818 bits per heavy atom. The molecule has 0 atom stereocenters. The van der Waals surface area contributed by atoms with Crippen LogP contribution in [-0.2, 0) is 9.47 Å². The molecule has 0 bridgehead atoms. The summed E-state index contributed by atoms with van der Waals surface area (Å²) in [6.45, 7) is 0. The van der Waals surface area contributed by atoms with E-state index in [0.717, 1.165) is 12.1 Å². The number of esters is 2. The van der Waals surface area contributed by atoms with Gasteiger partial charge in [0.2, 0.25) is 0 Å². The Balaban J connectivity index is 1.97. The maximum Gasteiger partial charge on any atom is 0.357 e. The van der Waals surface area contributed by atoms with Crippen molar-refractivity contribution in [1.82, 2.24) is 9.78 Å². The highest BCUT2D eigenvalue weighted by atomic mass is 19.1. The third-order valence-corrected chi connectivity index (χ3v) is 5.03. The minimum absolute atomic E-state index is 0.0927. The number of para-hydroxylation sites is 1. The summed E-state index contributed by atoms with van der Waals surface area (Å²) in [5.41, 5.74) is 1.51. The van der Waals surface area contributed by atoms with Crippen molar-refractivity contribution in [2.45, 2.75) is 0 Å². The Hall–Kier alpha value is -4.33. The Morgan fingerprint density at radius 3 is 2.18 bits per heavy atom. The Labute approximate surface area is 188 Å². The largest absolute Gasteiger partial charge is 0.465 e. The van der Waals surface area contributed by atoms with Crippen LogP contribution < -0.4 is 0 Å². The fourth-order valence-electron chi connectivity index (χ4n) is 3.51. The number of ether oxygens (including phenoxy) is 2. The van der Waals surface area contributed by atoms with Gasteiger partial charge in [0.05, 0.1) is 19.9 Å². The molecule has 0 fully saturated rings. The number of carbonyl (C=O) groups excluding carboxylic acids is 2. The summed E-state index contributed by atoms with van der Waals surface area (Å²) in [4.78, 5) is 25.4. The van der Waals surface area contributed by atoms with E-state index in [-0.39, 0.29) is 22.5 Å². The molecule has 0 saturated carbocycles. The summed E-state index contributed by atoms with van der Waals surface area (Å²) in [5, 5.41) is 4.52. The van der Waals surface area contributed by atoms with Crippen LogP contribution in [0.4, 0.5) is 8.78 Å². The van der Waals surface area contributed by atoms with E-state index in [1.165, 1.54) is 25.0 Å². The number of carbonyl (C=O) groups is 2. The number of nitrogens with zero attached hydrogens (tertiary/aromatic N) is 2. The lowest BCUT2D eigenvalue weighted by Gasteiger charge is -2.07. The first-order valence-electron chi connectivity index (χ1n) is 9.85. The third-order valence-electron chi connectivity index (χ3n) is 5.03. The van der Waals surface area contributed by atoms with E-state index in [0.29, 0.717) is 16.8 Å². The molecule has 1 heterocycles. The first-order valence-corrected chi connectivity index (χ1v) is 9.85. The van der Waals surface area contributed by atoms with Gasteiger partial charge in [0.1, 0.15) is 22.9 Å². The highest BCUT2D eigenvalue weighted by molar-refractivity contribution is 6.07. The first kappa shape index (κ1) is 21.9. The van der Waals surface area contributed by atoms with Crippen molar-refractivity contribution in [1.29, 1.82) is 0 Å². The molecule has 0 aliphatic heterocycles. The van der Waals surface area contributed by atoms with Gasteiger partial charge in [0.25, 0.3) is 0 Å². The summed E-state index contributed by atoms with van der Waals surface area (Å²) < 4.78 is 38.9. The summed E-state index contributed by atoms with van der Waals surface area (Å²) in [7, 11) is 2.39. The number of methoxy groups -OCH3 is 2. The van der Waals surface area contributed by atoms with Gasteiger partial charge in [-0.25, -0.2) is 23.1 Å². The molecule has 4 rings (SSSR count). The topological polar surface area (TPSA) is 70.4 Å². The van der Waals surface area contributed by atoms with Crippen LogP contribution in [0.2, 0.25) is 0 Å².